The van der Waals surface area contributed by atoms with Crippen molar-refractivity contribution in [2.24, 2.45) is 7.05 Å². The highest BCUT2D eigenvalue weighted by atomic mass is 16.2. The van der Waals surface area contributed by atoms with Crippen LogP contribution in [0.1, 0.15) is 29.0 Å². The van der Waals surface area contributed by atoms with Gasteiger partial charge in [-0.25, -0.2) is 0 Å². The molecule has 0 saturated carbocycles. The quantitative estimate of drug-likeness (QED) is 0.816. The summed E-state index contributed by atoms with van der Waals surface area (Å²) in [7, 11) is 5.08. The summed E-state index contributed by atoms with van der Waals surface area (Å²) in [6.07, 6.45) is 7.48. The third-order valence-electron chi connectivity index (χ3n) is 4.41. The number of aromatic nitrogens is 4. The van der Waals surface area contributed by atoms with Crippen LogP contribution in [0.25, 0.3) is 0 Å². The Hall–Kier alpha value is -2.77. The lowest BCUT2D eigenvalue weighted by Gasteiger charge is -2.38. The van der Waals surface area contributed by atoms with E-state index in [2.05, 4.69) is 15.1 Å². The average molecular weight is 328 g/mol. The van der Waals surface area contributed by atoms with Crippen LogP contribution in [-0.4, -0.2) is 62.0 Å². The molecule has 24 heavy (non-hydrogen) atoms. The van der Waals surface area contributed by atoms with E-state index in [1.54, 1.807) is 56.9 Å². The molecule has 2 aromatic heterocycles. The third kappa shape index (κ3) is 2.34. The highest BCUT2D eigenvalue weighted by Gasteiger charge is 2.53. The van der Waals surface area contributed by atoms with Gasteiger partial charge in [0.2, 0.25) is 0 Å². The van der Waals surface area contributed by atoms with Crippen molar-refractivity contribution in [3.05, 3.63) is 42.2 Å². The number of amides is 2. The zero-order valence-electron chi connectivity index (χ0n) is 14.0. The van der Waals surface area contributed by atoms with E-state index in [0.717, 1.165) is 6.42 Å². The van der Waals surface area contributed by atoms with Crippen molar-refractivity contribution in [2.45, 2.75) is 18.4 Å². The molecule has 1 saturated heterocycles. The summed E-state index contributed by atoms with van der Waals surface area (Å²) in [4.78, 5) is 37.7. The van der Waals surface area contributed by atoms with E-state index in [9.17, 15) is 9.59 Å². The standard InChI is InChI=1S/C16H20N6O2/c1-20(2)15(24)16(13-11-17-8-9-18-13)6-4-10-22(16)14(23)12-5-7-19-21(12)3/h5,7-9,11H,4,6,10H2,1-3H3. The molecule has 1 aliphatic heterocycles. The molecular formula is C16H20N6O2. The molecule has 1 fully saturated rings. The van der Waals surface area contributed by atoms with Crippen molar-refractivity contribution in [2.75, 3.05) is 20.6 Å². The number of hydrogen-bond donors (Lipinski definition) is 0. The van der Waals surface area contributed by atoms with Gasteiger partial charge in [0, 0.05) is 46.3 Å². The van der Waals surface area contributed by atoms with E-state index in [-0.39, 0.29) is 11.8 Å². The first-order valence-electron chi connectivity index (χ1n) is 7.76. The molecule has 1 unspecified atom stereocenters. The van der Waals surface area contributed by atoms with Gasteiger partial charge in [-0.15, -0.1) is 0 Å². The van der Waals surface area contributed by atoms with Crippen LogP contribution >= 0.6 is 0 Å². The van der Waals surface area contributed by atoms with Crippen molar-refractivity contribution >= 4 is 11.8 Å². The fourth-order valence-corrected chi connectivity index (χ4v) is 3.30. The Labute approximate surface area is 140 Å². The topological polar surface area (TPSA) is 84.2 Å². The van der Waals surface area contributed by atoms with Gasteiger partial charge in [-0.05, 0) is 18.9 Å². The minimum atomic E-state index is -1.13. The monoisotopic (exact) mass is 328 g/mol. The summed E-state index contributed by atoms with van der Waals surface area (Å²) in [5.41, 5.74) is -0.188. The minimum absolute atomic E-state index is 0.170. The summed E-state index contributed by atoms with van der Waals surface area (Å²) in [5.74, 6) is -0.399. The molecule has 0 bridgehead atoms. The van der Waals surface area contributed by atoms with Crippen LogP contribution in [0.2, 0.25) is 0 Å². The Balaban J connectivity index is 2.12. The largest absolute Gasteiger partial charge is 0.346 e. The van der Waals surface area contributed by atoms with Crippen LogP contribution in [0, 0.1) is 0 Å². The molecule has 3 rings (SSSR count). The zero-order valence-corrected chi connectivity index (χ0v) is 14.0. The van der Waals surface area contributed by atoms with Gasteiger partial charge in [-0.1, -0.05) is 0 Å². The van der Waals surface area contributed by atoms with Gasteiger partial charge in [0.15, 0.2) is 5.54 Å². The maximum Gasteiger partial charge on any atom is 0.273 e. The average Bonchev–Trinajstić information content (AvgIpc) is 3.21. The van der Waals surface area contributed by atoms with Gasteiger partial charge in [0.05, 0.1) is 11.9 Å². The second-order valence-corrected chi connectivity index (χ2v) is 6.05. The number of likely N-dealkylation sites (tertiary alicyclic amines) is 1. The van der Waals surface area contributed by atoms with Gasteiger partial charge in [-0.2, -0.15) is 5.10 Å². The zero-order chi connectivity index (χ0) is 17.3. The van der Waals surface area contributed by atoms with Gasteiger partial charge in [0.1, 0.15) is 5.69 Å². The first-order chi connectivity index (χ1) is 11.5. The number of carbonyl (C=O) groups is 2. The first kappa shape index (κ1) is 16.1. The smallest absolute Gasteiger partial charge is 0.273 e. The minimum Gasteiger partial charge on any atom is -0.346 e. The fourth-order valence-electron chi connectivity index (χ4n) is 3.30. The molecule has 0 spiro atoms. The second kappa shape index (κ2) is 6.03. The number of likely N-dealkylation sites (N-methyl/N-ethyl adjacent to an activating group) is 1. The summed E-state index contributed by atoms with van der Waals surface area (Å²) < 4.78 is 1.52. The van der Waals surface area contributed by atoms with Crippen molar-refractivity contribution in [3.8, 4) is 0 Å². The lowest BCUT2D eigenvalue weighted by Crippen LogP contribution is -2.55. The highest BCUT2D eigenvalue weighted by molar-refractivity contribution is 5.98. The number of carbonyl (C=O) groups excluding carboxylic acids is 2. The van der Waals surface area contributed by atoms with Crippen LogP contribution in [0.3, 0.4) is 0 Å². The van der Waals surface area contributed by atoms with Crippen molar-refractivity contribution < 1.29 is 9.59 Å². The molecule has 1 atom stereocenters. The van der Waals surface area contributed by atoms with Crippen LogP contribution in [0.5, 0.6) is 0 Å². The van der Waals surface area contributed by atoms with E-state index in [4.69, 9.17) is 0 Å². The molecule has 1 aliphatic rings. The Morgan fingerprint density at radius 1 is 1.25 bits per heavy atom. The molecule has 8 heteroatoms. The molecular weight excluding hydrogens is 308 g/mol. The molecule has 3 heterocycles. The van der Waals surface area contributed by atoms with Crippen molar-refractivity contribution in [1.82, 2.24) is 29.5 Å². The predicted molar refractivity (Wildman–Crippen MR) is 85.9 cm³/mol. The Morgan fingerprint density at radius 2 is 2.04 bits per heavy atom. The van der Waals surface area contributed by atoms with E-state index in [1.807, 2.05) is 0 Å². The van der Waals surface area contributed by atoms with E-state index in [1.165, 1.54) is 9.58 Å². The molecule has 0 N–H and O–H groups in total. The van der Waals surface area contributed by atoms with Crippen molar-refractivity contribution in [3.63, 3.8) is 0 Å². The molecule has 126 valence electrons. The Bertz CT molecular complexity index is 757. The number of rotatable bonds is 3. The predicted octanol–water partition coefficient (Wildman–Crippen LogP) is 0.430. The summed E-state index contributed by atoms with van der Waals surface area (Å²) in [6.45, 7) is 0.486. The Kier molecular flexibility index (Phi) is 4.04. The van der Waals surface area contributed by atoms with Gasteiger partial charge in [0.25, 0.3) is 11.8 Å². The number of aryl methyl sites for hydroxylation is 1. The summed E-state index contributed by atoms with van der Waals surface area (Å²) in [6, 6.07) is 1.65. The summed E-state index contributed by atoms with van der Waals surface area (Å²) >= 11 is 0. The fraction of sp³-hybridized carbons (Fsp3) is 0.438. The summed E-state index contributed by atoms with van der Waals surface area (Å²) in [5, 5.41) is 4.06. The lowest BCUT2D eigenvalue weighted by atomic mass is 9.90. The van der Waals surface area contributed by atoms with E-state index >= 15 is 0 Å². The molecule has 2 aromatic rings. The molecule has 0 radical (unpaired) electrons. The third-order valence-corrected chi connectivity index (χ3v) is 4.41. The van der Waals surface area contributed by atoms with Crippen LogP contribution in [0.4, 0.5) is 0 Å². The molecule has 2 amide bonds. The maximum atomic E-state index is 13.1. The Morgan fingerprint density at radius 3 is 2.62 bits per heavy atom. The highest BCUT2D eigenvalue weighted by Crippen LogP contribution is 2.40. The van der Waals surface area contributed by atoms with E-state index in [0.29, 0.717) is 24.4 Å². The normalized spacial score (nSPS) is 20.2. The molecule has 8 nitrogen and oxygen atoms in total. The van der Waals surface area contributed by atoms with Gasteiger partial charge >= 0.3 is 0 Å². The SMILES string of the molecule is CN(C)C(=O)C1(c2cnccn2)CCCN1C(=O)c1ccnn1C. The van der Waals surface area contributed by atoms with Crippen LogP contribution < -0.4 is 0 Å². The van der Waals surface area contributed by atoms with E-state index < -0.39 is 5.54 Å². The second-order valence-electron chi connectivity index (χ2n) is 6.05. The number of nitrogens with zero attached hydrogens (tertiary/aromatic N) is 6. The van der Waals surface area contributed by atoms with Crippen molar-refractivity contribution in [1.29, 1.82) is 0 Å². The van der Waals surface area contributed by atoms with Gasteiger partial charge in [-0.3, -0.25) is 24.2 Å². The van der Waals surface area contributed by atoms with Crippen LogP contribution in [-0.2, 0) is 17.4 Å². The lowest BCUT2D eigenvalue weighted by molar-refractivity contribution is -0.140. The number of hydrogen-bond acceptors (Lipinski definition) is 5. The van der Waals surface area contributed by atoms with Gasteiger partial charge < -0.3 is 9.80 Å². The molecule has 0 aromatic carbocycles. The molecule has 0 aliphatic carbocycles. The van der Waals surface area contributed by atoms with Crippen LogP contribution in [0.15, 0.2) is 30.9 Å². The maximum absolute atomic E-state index is 13.1. The first-order valence-corrected chi connectivity index (χ1v) is 7.76.